The summed E-state index contributed by atoms with van der Waals surface area (Å²) in [5.74, 6) is 1.29. The Labute approximate surface area is 117 Å². The molecule has 1 aliphatic rings. The maximum absolute atomic E-state index is 9.34. The zero-order chi connectivity index (χ0) is 13.5. The van der Waals surface area contributed by atoms with Gasteiger partial charge in [0.25, 0.3) is 0 Å². The molecule has 0 aliphatic heterocycles. The highest BCUT2D eigenvalue weighted by atomic mass is 16.3. The maximum atomic E-state index is 9.34. The van der Waals surface area contributed by atoms with Crippen molar-refractivity contribution >= 4 is 0 Å². The van der Waals surface area contributed by atoms with E-state index in [2.05, 4.69) is 12.2 Å². The average Bonchev–Trinajstić information content (AvgIpc) is 2.46. The van der Waals surface area contributed by atoms with Gasteiger partial charge in [-0.1, -0.05) is 51.2 Å². The molecule has 0 radical (unpaired) electrons. The standard InChI is InChI=1S/C17H27NO/c1-2-17(15-8-10-16(19)11-9-15)18-13-12-14-6-4-3-5-7-14/h8-11,14,17-19H,2-7,12-13H2,1H3. The molecule has 0 amide bonds. The van der Waals surface area contributed by atoms with E-state index < -0.39 is 0 Å². The van der Waals surface area contributed by atoms with Crippen LogP contribution in [0.5, 0.6) is 5.75 Å². The molecule has 19 heavy (non-hydrogen) atoms. The molecule has 2 rings (SSSR count). The first-order chi connectivity index (χ1) is 9.29. The molecule has 106 valence electrons. The monoisotopic (exact) mass is 261 g/mol. The van der Waals surface area contributed by atoms with Gasteiger partial charge in [-0.2, -0.15) is 0 Å². The Hall–Kier alpha value is -1.02. The highest BCUT2D eigenvalue weighted by Crippen LogP contribution is 2.26. The van der Waals surface area contributed by atoms with Gasteiger partial charge in [0.05, 0.1) is 0 Å². The van der Waals surface area contributed by atoms with Gasteiger partial charge >= 0.3 is 0 Å². The second kappa shape index (κ2) is 7.54. The first kappa shape index (κ1) is 14.4. The normalized spacial score (nSPS) is 18.4. The lowest BCUT2D eigenvalue weighted by Crippen LogP contribution is -2.24. The molecule has 0 heterocycles. The number of phenolic OH excluding ortho intramolecular Hbond substituents is 1. The van der Waals surface area contributed by atoms with Crippen LogP contribution >= 0.6 is 0 Å². The number of rotatable bonds is 6. The third-order valence-electron chi connectivity index (χ3n) is 4.37. The van der Waals surface area contributed by atoms with E-state index in [-0.39, 0.29) is 0 Å². The third kappa shape index (κ3) is 4.54. The van der Waals surface area contributed by atoms with Crippen LogP contribution in [0, 0.1) is 5.92 Å². The van der Waals surface area contributed by atoms with E-state index in [1.165, 1.54) is 44.1 Å². The van der Waals surface area contributed by atoms with Crippen molar-refractivity contribution in [2.75, 3.05) is 6.54 Å². The molecule has 2 N–H and O–H groups in total. The highest BCUT2D eigenvalue weighted by molar-refractivity contribution is 5.27. The molecule has 1 aromatic rings. The van der Waals surface area contributed by atoms with Crippen molar-refractivity contribution in [1.82, 2.24) is 5.32 Å². The molecule has 1 aromatic carbocycles. The molecule has 2 nitrogen and oxygen atoms in total. The Bertz CT molecular complexity index is 354. The van der Waals surface area contributed by atoms with E-state index in [9.17, 15) is 5.11 Å². The molecule has 1 fully saturated rings. The maximum Gasteiger partial charge on any atom is 0.115 e. The largest absolute Gasteiger partial charge is 0.508 e. The SMILES string of the molecule is CCC(NCCC1CCCCC1)c1ccc(O)cc1. The smallest absolute Gasteiger partial charge is 0.115 e. The summed E-state index contributed by atoms with van der Waals surface area (Å²) in [4.78, 5) is 0. The van der Waals surface area contributed by atoms with Crippen molar-refractivity contribution < 1.29 is 5.11 Å². The topological polar surface area (TPSA) is 32.3 Å². The fourth-order valence-electron chi connectivity index (χ4n) is 3.14. The van der Waals surface area contributed by atoms with Crippen LogP contribution in [0.3, 0.4) is 0 Å². The van der Waals surface area contributed by atoms with E-state index >= 15 is 0 Å². The van der Waals surface area contributed by atoms with E-state index in [1.54, 1.807) is 12.1 Å². The van der Waals surface area contributed by atoms with Gasteiger partial charge in [0, 0.05) is 6.04 Å². The molecular formula is C17H27NO. The number of hydrogen-bond acceptors (Lipinski definition) is 2. The number of hydrogen-bond donors (Lipinski definition) is 2. The van der Waals surface area contributed by atoms with E-state index in [0.29, 0.717) is 11.8 Å². The summed E-state index contributed by atoms with van der Waals surface area (Å²) in [5, 5.41) is 13.0. The molecule has 1 aliphatic carbocycles. The van der Waals surface area contributed by atoms with Crippen LogP contribution in [0.1, 0.15) is 63.5 Å². The second-order valence-electron chi connectivity index (χ2n) is 5.80. The van der Waals surface area contributed by atoms with Crippen LogP contribution in [0.4, 0.5) is 0 Å². The molecular weight excluding hydrogens is 234 g/mol. The highest BCUT2D eigenvalue weighted by Gasteiger charge is 2.14. The fourth-order valence-corrected chi connectivity index (χ4v) is 3.14. The van der Waals surface area contributed by atoms with Gasteiger partial charge in [0.15, 0.2) is 0 Å². The molecule has 1 saturated carbocycles. The summed E-state index contributed by atoms with van der Waals surface area (Å²) in [5.41, 5.74) is 1.28. The van der Waals surface area contributed by atoms with Gasteiger partial charge in [-0.25, -0.2) is 0 Å². The first-order valence-electron chi connectivity index (χ1n) is 7.82. The Morgan fingerprint density at radius 2 is 1.84 bits per heavy atom. The Morgan fingerprint density at radius 3 is 2.47 bits per heavy atom. The summed E-state index contributed by atoms with van der Waals surface area (Å²) < 4.78 is 0. The summed E-state index contributed by atoms with van der Waals surface area (Å²) in [6.07, 6.45) is 9.56. The summed E-state index contributed by atoms with van der Waals surface area (Å²) >= 11 is 0. The van der Waals surface area contributed by atoms with Crippen molar-refractivity contribution in [2.24, 2.45) is 5.92 Å². The number of aromatic hydroxyl groups is 1. The Kier molecular flexibility index (Phi) is 5.71. The van der Waals surface area contributed by atoms with Gasteiger partial charge in [-0.3, -0.25) is 0 Å². The van der Waals surface area contributed by atoms with Gasteiger partial charge in [0.1, 0.15) is 5.75 Å². The van der Waals surface area contributed by atoms with Crippen molar-refractivity contribution in [3.8, 4) is 5.75 Å². The minimum Gasteiger partial charge on any atom is -0.508 e. The van der Waals surface area contributed by atoms with Crippen LogP contribution in [-0.4, -0.2) is 11.7 Å². The van der Waals surface area contributed by atoms with Crippen molar-refractivity contribution in [3.63, 3.8) is 0 Å². The first-order valence-corrected chi connectivity index (χ1v) is 7.82. The van der Waals surface area contributed by atoms with Gasteiger partial charge in [-0.05, 0) is 43.0 Å². The Balaban J connectivity index is 1.77. The van der Waals surface area contributed by atoms with Crippen LogP contribution < -0.4 is 5.32 Å². The van der Waals surface area contributed by atoms with Gasteiger partial charge in [0.2, 0.25) is 0 Å². The van der Waals surface area contributed by atoms with E-state index in [1.807, 2.05) is 12.1 Å². The molecule has 0 saturated heterocycles. The lowest BCUT2D eigenvalue weighted by atomic mass is 9.87. The molecule has 0 aromatic heterocycles. The van der Waals surface area contributed by atoms with Crippen LogP contribution in [0.2, 0.25) is 0 Å². The third-order valence-corrected chi connectivity index (χ3v) is 4.37. The number of nitrogens with one attached hydrogen (secondary N) is 1. The van der Waals surface area contributed by atoms with E-state index in [4.69, 9.17) is 0 Å². The van der Waals surface area contributed by atoms with Gasteiger partial charge < -0.3 is 10.4 Å². The lowest BCUT2D eigenvalue weighted by Gasteiger charge is -2.23. The molecule has 0 spiro atoms. The summed E-state index contributed by atoms with van der Waals surface area (Å²) in [6, 6.07) is 8.03. The Morgan fingerprint density at radius 1 is 1.16 bits per heavy atom. The molecule has 2 heteroatoms. The second-order valence-corrected chi connectivity index (χ2v) is 5.80. The predicted molar refractivity (Wildman–Crippen MR) is 80.3 cm³/mol. The van der Waals surface area contributed by atoms with E-state index in [0.717, 1.165) is 18.9 Å². The van der Waals surface area contributed by atoms with Crippen LogP contribution in [-0.2, 0) is 0 Å². The molecule has 1 unspecified atom stereocenters. The molecule has 0 bridgehead atoms. The predicted octanol–water partition coefficient (Wildman–Crippen LogP) is 4.40. The quantitative estimate of drug-likeness (QED) is 0.795. The fraction of sp³-hybridized carbons (Fsp3) is 0.647. The van der Waals surface area contributed by atoms with Crippen LogP contribution in [0.25, 0.3) is 0 Å². The van der Waals surface area contributed by atoms with Crippen molar-refractivity contribution in [1.29, 1.82) is 0 Å². The average molecular weight is 261 g/mol. The summed E-state index contributed by atoms with van der Waals surface area (Å²) in [6.45, 7) is 3.33. The number of phenols is 1. The molecule has 1 atom stereocenters. The zero-order valence-corrected chi connectivity index (χ0v) is 12.1. The van der Waals surface area contributed by atoms with Crippen molar-refractivity contribution in [2.45, 2.75) is 57.9 Å². The minimum absolute atomic E-state index is 0.348. The summed E-state index contributed by atoms with van der Waals surface area (Å²) in [7, 11) is 0. The number of benzene rings is 1. The minimum atomic E-state index is 0.348. The lowest BCUT2D eigenvalue weighted by molar-refractivity contribution is 0.327. The van der Waals surface area contributed by atoms with Crippen LogP contribution in [0.15, 0.2) is 24.3 Å². The van der Waals surface area contributed by atoms with Crippen molar-refractivity contribution in [3.05, 3.63) is 29.8 Å². The zero-order valence-electron chi connectivity index (χ0n) is 12.1. The van der Waals surface area contributed by atoms with Gasteiger partial charge in [-0.15, -0.1) is 0 Å².